The van der Waals surface area contributed by atoms with Crippen LogP contribution in [0.2, 0.25) is 0 Å². The van der Waals surface area contributed by atoms with Gasteiger partial charge in [0.1, 0.15) is 0 Å². The van der Waals surface area contributed by atoms with E-state index in [4.69, 9.17) is 0 Å². The summed E-state index contributed by atoms with van der Waals surface area (Å²) >= 11 is 2.22. The molecule has 1 atom stereocenters. The predicted octanol–water partition coefficient (Wildman–Crippen LogP) is 4.97. The second-order valence-corrected chi connectivity index (χ2v) is 8.30. The van der Waals surface area contributed by atoms with Gasteiger partial charge in [0.15, 0.2) is 0 Å². The van der Waals surface area contributed by atoms with E-state index in [-0.39, 0.29) is 0 Å². The molecule has 2 aromatic carbocycles. The Morgan fingerprint density at radius 1 is 1.34 bits per heavy atom. The lowest BCUT2D eigenvalue weighted by Crippen LogP contribution is -2.41. The number of hydroxylamine groups is 1. The molecule has 0 unspecified atom stereocenters. The smallest absolute Gasteiger partial charge is 0.289 e. The minimum atomic E-state index is -2.73. The van der Waals surface area contributed by atoms with Gasteiger partial charge in [-0.2, -0.15) is 13.9 Å². The van der Waals surface area contributed by atoms with Crippen molar-refractivity contribution in [2.24, 2.45) is 0 Å². The summed E-state index contributed by atoms with van der Waals surface area (Å²) in [6, 6.07) is 11.0. The van der Waals surface area contributed by atoms with Gasteiger partial charge in [-0.15, -0.1) is 0 Å². The highest BCUT2D eigenvalue weighted by molar-refractivity contribution is 14.1. The van der Waals surface area contributed by atoms with Crippen LogP contribution in [0.15, 0.2) is 48.7 Å². The largest absolute Gasteiger partial charge is 0.333 e. The Morgan fingerprint density at radius 2 is 2.14 bits per heavy atom. The number of hydrogen-bond donors (Lipinski definition) is 2. The minimum absolute atomic E-state index is 0.341. The molecule has 1 aromatic heterocycles. The fourth-order valence-electron chi connectivity index (χ4n) is 4.10. The summed E-state index contributed by atoms with van der Waals surface area (Å²) in [5.74, 6) is -0.503. The first-order valence-electron chi connectivity index (χ1n) is 9.05. The molecule has 0 fully saturated rings. The van der Waals surface area contributed by atoms with Gasteiger partial charge in [0.25, 0.3) is 5.91 Å². The average molecular weight is 509 g/mol. The number of carbonyl (C=O) groups is 1. The monoisotopic (exact) mass is 509 g/mol. The van der Waals surface area contributed by atoms with E-state index >= 15 is 0 Å². The van der Waals surface area contributed by atoms with Crippen LogP contribution in [0.3, 0.4) is 0 Å². The number of rotatable bonds is 4. The molecular formula is C21H18F2IN3O2. The first-order chi connectivity index (χ1) is 13.9. The zero-order valence-corrected chi connectivity index (χ0v) is 17.7. The molecule has 0 aliphatic heterocycles. The quantitative estimate of drug-likeness (QED) is 0.297. The Kier molecular flexibility index (Phi) is 5.16. The van der Waals surface area contributed by atoms with Crippen molar-refractivity contribution in [2.45, 2.75) is 31.7 Å². The van der Waals surface area contributed by atoms with Gasteiger partial charge in [-0.05, 0) is 76.8 Å². The van der Waals surface area contributed by atoms with E-state index < -0.39 is 17.9 Å². The number of nitrogens with zero attached hydrogens (tertiary/aromatic N) is 2. The summed E-state index contributed by atoms with van der Waals surface area (Å²) < 4.78 is 28.2. The van der Waals surface area contributed by atoms with Gasteiger partial charge in [0.2, 0.25) is 0 Å². The van der Waals surface area contributed by atoms with Gasteiger partial charge < -0.3 is 0 Å². The summed E-state index contributed by atoms with van der Waals surface area (Å²) in [6.07, 6.45) is 4.31. The highest BCUT2D eigenvalue weighted by Crippen LogP contribution is 2.45. The topological polar surface area (TPSA) is 67.2 Å². The van der Waals surface area contributed by atoms with Crippen molar-refractivity contribution in [3.05, 3.63) is 68.9 Å². The summed E-state index contributed by atoms with van der Waals surface area (Å²) in [6.45, 7) is -0.781. The van der Waals surface area contributed by atoms with Crippen molar-refractivity contribution in [1.82, 2.24) is 15.3 Å². The Labute approximate surface area is 179 Å². The van der Waals surface area contributed by atoms with Gasteiger partial charge >= 0.3 is 6.55 Å². The molecule has 8 heteroatoms. The molecule has 0 saturated carbocycles. The van der Waals surface area contributed by atoms with E-state index in [9.17, 15) is 18.8 Å². The lowest BCUT2D eigenvalue weighted by Gasteiger charge is -2.27. The van der Waals surface area contributed by atoms with Crippen molar-refractivity contribution < 1.29 is 18.8 Å². The molecule has 0 bridgehead atoms. The Bertz CT molecular complexity index is 1140. The predicted molar refractivity (Wildman–Crippen MR) is 114 cm³/mol. The number of allylic oxidation sites excluding steroid dienone is 1. The second-order valence-electron chi connectivity index (χ2n) is 7.13. The van der Waals surface area contributed by atoms with Crippen molar-refractivity contribution in [3.63, 3.8) is 0 Å². The highest BCUT2D eigenvalue weighted by atomic mass is 127. The van der Waals surface area contributed by atoms with Crippen LogP contribution < -0.4 is 5.48 Å². The standard InChI is InChI=1S/C21H18F2IN3O2/c1-12-16(3-2-4-17(12)24)21(19(28)26-29)8-7-14(10-21)13-5-6-15-11-25-27(20(22)23)18(15)9-13/h2-6,9-11,20,29H,7-8H2,1H3,(H,26,28)/t21-/m0/s1. The summed E-state index contributed by atoms with van der Waals surface area (Å²) in [7, 11) is 0. The lowest BCUT2D eigenvalue weighted by molar-refractivity contribution is -0.133. The van der Waals surface area contributed by atoms with Crippen molar-refractivity contribution in [3.8, 4) is 0 Å². The van der Waals surface area contributed by atoms with Gasteiger partial charge in [0.05, 0.1) is 17.1 Å². The average Bonchev–Trinajstić information content (AvgIpc) is 3.34. The summed E-state index contributed by atoms with van der Waals surface area (Å²) in [5.41, 5.74) is 4.56. The first kappa shape index (κ1) is 20.0. The molecule has 1 aliphatic rings. The van der Waals surface area contributed by atoms with E-state index in [1.807, 2.05) is 42.7 Å². The molecular weight excluding hydrogens is 491 g/mol. The Balaban J connectivity index is 1.85. The SMILES string of the molecule is Cc1c(I)cccc1[C@@]1(C(=O)NO)C=C(c2ccc3cnn(C(F)F)c3c2)CC1. The molecule has 2 N–H and O–H groups in total. The lowest BCUT2D eigenvalue weighted by atomic mass is 9.77. The van der Waals surface area contributed by atoms with Crippen LogP contribution in [-0.4, -0.2) is 20.9 Å². The number of amides is 1. The number of aromatic nitrogens is 2. The van der Waals surface area contributed by atoms with Crippen LogP contribution in [0, 0.1) is 10.5 Å². The molecule has 29 heavy (non-hydrogen) atoms. The zero-order valence-electron chi connectivity index (χ0n) is 15.5. The summed E-state index contributed by atoms with van der Waals surface area (Å²) in [5, 5.41) is 13.8. The van der Waals surface area contributed by atoms with E-state index in [1.54, 1.807) is 12.1 Å². The summed E-state index contributed by atoms with van der Waals surface area (Å²) in [4.78, 5) is 12.8. The number of hydrogen-bond acceptors (Lipinski definition) is 3. The third-order valence-electron chi connectivity index (χ3n) is 5.62. The maximum atomic E-state index is 13.2. The van der Waals surface area contributed by atoms with Gasteiger partial charge in [-0.25, -0.2) is 10.2 Å². The third-order valence-corrected chi connectivity index (χ3v) is 6.79. The Hall–Kier alpha value is -2.33. The highest BCUT2D eigenvalue weighted by Gasteiger charge is 2.43. The molecule has 1 heterocycles. The molecule has 4 rings (SSSR count). The number of halogens is 3. The fourth-order valence-corrected chi connectivity index (χ4v) is 4.60. The maximum absolute atomic E-state index is 13.2. The number of nitrogens with one attached hydrogen (secondary N) is 1. The second kappa shape index (κ2) is 7.49. The molecule has 0 saturated heterocycles. The van der Waals surface area contributed by atoms with Gasteiger partial charge in [-0.1, -0.05) is 30.3 Å². The van der Waals surface area contributed by atoms with Crippen LogP contribution in [0.4, 0.5) is 8.78 Å². The van der Waals surface area contributed by atoms with Gasteiger partial charge in [0, 0.05) is 8.96 Å². The zero-order chi connectivity index (χ0) is 20.8. The Morgan fingerprint density at radius 3 is 2.86 bits per heavy atom. The van der Waals surface area contributed by atoms with Crippen molar-refractivity contribution in [2.75, 3.05) is 0 Å². The number of benzene rings is 2. The van der Waals surface area contributed by atoms with Gasteiger partial charge in [-0.3, -0.25) is 10.0 Å². The number of carbonyl (C=O) groups excluding carboxylic acids is 1. The van der Waals surface area contributed by atoms with E-state index in [0.29, 0.717) is 28.4 Å². The fraction of sp³-hybridized carbons (Fsp3) is 0.238. The van der Waals surface area contributed by atoms with Crippen LogP contribution in [0.1, 0.15) is 36.1 Å². The van der Waals surface area contributed by atoms with Crippen molar-refractivity contribution in [1.29, 1.82) is 0 Å². The van der Waals surface area contributed by atoms with E-state index in [1.165, 1.54) is 6.20 Å². The van der Waals surface area contributed by atoms with E-state index in [0.717, 1.165) is 25.8 Å². The number of fused-ring (bicyclic) bond motifs is 1. The first-order valence-corrected chi connectivity index (χ1v) is 10.1. The van der Waals surface area contributed by atoms with Crippen LogP contribution >= 0.6 is 22.6 Å². The maximum Gasteiger partial charge on any atom is 0.333 e. The van der Waals surface area contributed by atoms with Crippen LogP contribution in [-0.2, 0) is 10.2 Å². The molecule has 0 radical (unpaired) electrons. The van der Waals surface area contributed by atoms with E-state index in [2.05, 4.69) is 27.7 Å². The molecule has 1 aliphatic carbocycles. The van der Waals surface area contributed by atoms with Crippen molar-refractivity contribution >= 4 is 45.0 Å². The number of alkyl halides is 2. The third kappa shape index (κ3) is 3.24. The normalized spacial score (nSPS) is 19.0. The van der Waals surface area contributed by atoms with Crippen LogP contribution in [0.25, 0.3) is 16.5 Å². The minimum Gasteiger partial charge on any atom is -0.289 e. The van der Waals surface area contributed by atoms with Crippen LogP contribution in [0.5, 0.6) is 0 Å². The molecule has 0 spiro atoms. The molecule has 3 aromatic rings. The molecule has 5 nitrogen and oxygen atoms in total. The molecule has 150 valence electrons. The molecule has 1 amide bonds.